The lowest BCUT2D eigenvalue weighted by atomic mass is 10.1. The van der Waals surface area contributed by atoms with Gasteiger partial charge in [0.25, 0.3) is 5.91 Å². The van der Waals surface area contributed by atoms with Gasteiger partial charge in [-0.25, -0.2) is 4.39 Å². The Bertz CT molecular complexity index is 969. The van der Waals surface area contributed by atoms with Gasteiger partial charge in [-0.15, -0.1) is 0 Å². The SMILES string of the molecule is CCn1ccc(C(=O)N2CCC(c3nc(CCOc4ccc(F)cc4)no3)C2)n1. The molecule has 1 atom stereocenters. The van der Waals surface area contributed by atoms with Gasteiger partial charge in [-0.05, 0) is 43.7 Å². The first-order valence-electron chi connectivity index (χ1n) is 9.66. The van der Waals surface area contributed by atoms with Gasteiger partial charge in [-0.1, -0.05) is 5.16 Å². The van der Waals surface area contributed by atoms with Crippen LogP contribution >= 0.6 is 0 Å². The molecule has 1 aliphatic rings. The van der Waals surface area contributed by atoms with Crippen molar-refractivity contribution in [3.05, 3.63) is 59.8 Å². The van der Waals surface area contributed by atoms with E-state index in [2.05, 4.69) is 15.2 Å². The molecule has 0 aliphatic carbocycles. The molecular weight excluding hydrogens is 377 g/mol. The van der Waals surface area contributed by atoms with Crippen LogP contribution in [0.5, 0.6) is 5.75 Å². The Hall–Kier alpha value is -3.23. The highest BCUT2D eigenvalue weighted by molar-refractivity contribution is 5.92. The number of aromatic nitrogens is 4. The molecule has 1 unspecified atom stereocenters. The number of nitrogens with zero attached hydrogens (tertiary/aromatic N) is 5. The molecule has 0 N–H and O–H groups in total. The standard InChI is InChI=1S/C20H22FN5O3/c1-2-26-11-8-17(23-26)20(27)25-10-7-14(13-25)19-22-18(24-29-19)9-12-28-16-5-3-15(21)4-6-16/h3-6,8,11,14H,2,7,9-10,12-13H2,1H3. The molecular formula is C20H22FN5O3. The average molecular weight is 399 g/mol. The van der Waals surface area contributed by atoms with E-state index in [1.807, 2.05) is 6.92 Å². The van der Waals surface area contributed by atoms with Gasteiger partial charge in [0.2, 0.25) is 5.89 Å². The van der Waals surface area contributed by atoms with Crippen molar-refractivity contribution in [3.8, 4) is 5.75 Å². The molecule has 1 aliphatic heterocycles. The van der Waals surface area contributed by atoms with Crippen molar-refractivity contribution < 1.29 is 18.4 Å². The number of amides is 1. The van der Waals surface area contributed by atoms with Crippen LogP contribution in [0, 0.1) is 5.82 Å². The third kappa shape index (κ3) is 4.44. The molecule has 29 heavy (non-hydrogen) atoms. The Balaban J connectivity index is 1.29. The molecule has 0 bridgehead atoms. The summed E-state index contributed by atoms with van der Waals surface area (Å²) in [4.78, 5) is 18.8. The molecule has 152 valence electrons. The summed E-state index contributed by atoms with van der Waals surface area (Å²) in [6.45, 7) is 4.23. The topological polar surface area (TPSA) is 86.3 Å². The minimum Gasteiger partial charge on any atom is -0.493 e. The molecule has 0 saturated carbocycles. The molecule has 1 saturated heterocycles. The molecule has 8 nitrogen and oxygen atoms in total. The van der Waals surface area contributed by atoms with E-state index < -0.39 is 0 Å². The Morgan fingerprint density at radius 3 is 2.90 bits per heavy atom. The van der Waals surface area contributed by atoms with Gasteiger partial charge in [-0.2, -0.15) is 10.1 Å². The van der Waals surface area contributed by atoms with Gasteiger partial charge in [0.15, 0.2) is 5.82 Å². The lowest BCUT2D eigenvalue weighted by Crippen LogP contribution is -2.29. The van der Waals surface area contributed by atoms with E-state index >= 15 is 0 Å². The zero-order valence-electron chi connectivity index (χ0n) is 16.1. The van der Waals surface area contributed by atoms with Crippen molar-refractivity contribution in [3.63, 3.8) is 0 Å². The average Bonchev–Trinajstić information content (AvgIpc) is 3.49. The summed E-state index contributed by atoms with van der Waals surface area (Å²) in [7, 11) is 0. The Labute approximate surface area is 167 Å². The fraction of sp³-hybridized carbons (Fsp3) is 0.400. The fourth-order valence-corrected chi connectivity index (χ4v) is 3.29. The molecule has 0 radical (unpaired) electrons. The smallest absolute Gasteiger partial charge is 0.274 e. The molecule has 0 spiro atoms. The van der Waals surface area contributed by atoms with Crippen LogP contribution in [0.3, 0.4) is 0 Å². The zero-order chi connectivity index (χ0) is 20.2. The second-order valence-electron chi connectivity index (χ2n) is 6.89. The first-order chi connectivity index (χ1) is 14.1. The number of aryl methyl sites for hydroxylation is 1. The van der Waals surface area contributed by atoms with Gasteiger partial charge < -0.3 is 14.2 Å². The molecule has 1 aromatic carbocycles. The third-order valence-corrected chi connectivity index (χ3v) is 4.90. The summed E-state index contributed by atoms with van der Waals surface area (Å²) in [5.74, 6) is 1.32. The van der Waals surface area contributed by atoms with Crippen LogP contribution in [0.1, 0.15) is 41.5 Å². The first kappa shape index (κ1) is 19.1. The van der Waals surface area contributed by atoms with E-state index in [9.17, 15) is 9.18 Å². The summed E-state index contributed by atoms with van der Waals surface area (Å²) in [5.41, 5.74) is 0.455. The Kier molecular flexibility index (Phi) is 5.55. The maximum Gasteiger partial charge on any atom is 0.274 e. The summed E-state index contributed by atoms with van der Waals surface area (Å²) >= 11 is 0. The number of carbonyl (C=O) groups is 1. The van der Waals surface area contributed by atoms with Gasteiger partial charge in [0.1, 0.15) is 17.3 Å². The monoisotopic (exact) mass is 399 g/mol. The zero-order valence-corrected chi connectivity index (χ0v) is 16.1. The molecule has 3 aromatic rings. The second-order valence-corrected chi connectivity index (χ2v) is 6.89. The lowest BCUT2D eigenvalue weighted by Gasteiger charge is -2.13. The number of halogens is 1. The molecule has 1 amide bonds. The van der Waals surface area contributed by atoms with E-state index in [4.69, 9.17) is 9.26 Å². The summed E-state index contributed by atoms with van der Waals surface area (Å²) in [5, 5.41) is 8.28. The number of hydrogen-bond donors (Lipinski definition) is 0. The van der Waals surface area contributed by atoms with Crippen molar-refractivity contribution in [2.75, 3.05) is 19.7 Å². The third-order valence-electron chi connectivity index (χ3n) is 4.90. The predicted molar refractivity (Wildman–Crippen MR) is 101 cm³/mol. The normalized spacial score (nSPS) is 16.3. The summed E-state index contributed by atoms with van der Waals surface area (Å²) < 4.78 is 25.6. The first-order valence-corrected chi connectivity index (χ1v) is 9.66. The van der Waals surface area contributed by atoms with E-state index in [-0.39, 0.29) is 17.6 Å². The fourth-order valence-electron chi connectivity index (χ4n) is 3.29. The van der Waals surface area contributed by atoms with E-state index in [1.165, 1.54) is 12.1 Å². The van der Waals surface area contributed by atoms with Crippen LogP contribution in [0.25, 0.3) is 0 Å². The second kappa shape index (κ2) is 8.42. The Morgan fingerprint density at radius 2 is 2.14 bits per heavy atom. The van der Waals surface area contributed by atoms with Gasteiger partial charge in [0.05, 0.1) is 12.5 Å². The van der Waals surface area contributed by atoms with Crippen LogP contribution in [0.2, 0.25) is 0 Å². The summed E-state index contributed by atoms with van der Waals surface area (Å²) in [6, 6.07) is 7.59. The number of likely N-dealkylation sites (tertiary alicyclic amines) is 1. The number of benzene rings is 1. The van der Waals surface area contributed by atoms with Crippen LogP contribution in [0.4, 0.5) is 4.39 Å². The van der Waals surface area contributed by atoms with Gasteiger partial charge in [0, 0.05) is 32.3 Å². The highest BCUT2D eigenvalue weighted by atomic mass is 19.1. The minimum absolute atomic E-state index is 0.0199. The molecule has 1 fully saturated rings. The highest BCUT2D eigenvalue weighted by Gasteiger charge is 2.32. The largest absolute Gasteiger partial charge is 0.493 e. The van der Waals surface area contributed by atoms with Crippen LogP contribution < -0.4 is 4.74 Å². The molecule has 9 heteroatoms. The number of carbonyl (C=O) groups excluding carboxylic acids is 1. The van der Waals surface area contributed by atoms with Crippen LogP contribution in [-0.4, -0.2) is 50.4 Å². The molecule has 4 rings (SSSR count). The quantitative estimate of drug-likeness (QED) is 0.607. The van der Waals surface area contributed by atoms with Crippen LogP contribution in [0.15, 0.2) is 41.1 Å². The number of hydrogen-bond acceptors (Lipinski definition) is 6. The van der Waals surface area contributed by atoms with Crippen molar-refractivity contribution in [2.24, 2.45) is 0 Å². The number of rotatable bonds is 7. The lowest BCUT2D eigenvalue weighted by molar-refractivity contribution is 0.0783. The van der Waals surface area contributed by atoms with Crippen LogP contribution in [-0.2, 0) is 13.0 Å². The predicted octanol–water partition coefficient (Wildman–Crippen LogP) is 2.68. The van der Waals surface area contributed by atoms with Gasteiger partial charge in [-0.3, -0.25) is 9.48 Å². The molecule has 3 heterocycles. The van der Waals surface area contributed by atoms with Crippen molar-refractivity contribution in [2.45, 2.75) is 32.2 Å². The van der Waals surface area contributed by atoms with E-state index in [1.54, 1.807) is 34.0 Å². The summed E-state index contributed by atoms with van der Waals surface area (Å²) in [6.07, 6.45) is 3.05. The van der Waals surface area contributed by atoms with E-state index in [0.29, 0.717) is 49.3 Å². The van der Waals surface area contributed by atoms with E-state index in [0.717, 1.165) is 13.0 Å². The maximum absolute atomic E-state index is 12.9. The van der Waals surface area contributed by atoms with Crippen molar-refractivity contribution >= 4 is 5.91 Å². The number of ether oxygens (including phenoxy) is 1. The van der Waals surface area contributed by atoms with Crippen molar-refractivity contribution in [1.82, 2.24) is 24.8 Å². The minimum atomic E-state index is -0.303. The molecule has 2 aromatic heterocycles. The van der Waals surface area contributed by atoms with Crippen molar-refractivity contribution in [1.29, 1.82) is 0 Å². The van der Waals surface area contributed by atoms with Gasteiger partial charge >= 0.3 is 0 Å². The maximum atomic E-state index is 12.9. The highest BCUT2D eigenvalue weighted by Crippen LogP contribution is 2.27. The Morgan fingerprint density at radius 1 is 1.31 bits per heavy atom.